The van der Waals surface area contributed by atoms with Crippen molar-refractivity contribution in [3.63, 3.8) is 0 Å². The lowest BCUT2D eigenvalue weighted by Gasteiger charge is -2.30. The molecule has 0 spiro atoms. The van der Waals surface area contributed by atoms with Crippen LogP contribution in [0.3, 0.4) is 0 Å². The van der Waals surface area contributed by atoms with Crippen LogP contribution in [0.15, 0.2) is 23.4 Å². The molecule has 0 bridgehead atoms. The summed E-state index contributed by atoms with van der Waals surface area (Å²) in [6.07, 6.45) is 2.28. The van der Waals surface area contributed by atoms with Gasteiger partial charge in [0, 0.05) is 13.1 Å². The first-order valence-corrected chi connectivity index (χ1v) is 9.41. The van der Waals surface area contributed by atoms with Gasteiger partial charge in [-0.25, -0.2) is 0 Å². The summed E-state index contributed by atoms with van der Waals surface area (Å²) >= 11 is 1.36. The maximum Gasteiger partial charge on any atom is 0.233 e. The van der Waals surface area contributed by atoms with E-state index in [1.807, 2.05) is 30.0 Å². The fourth-order valence-corrected chi connectivity index (χ4v) is 3.81. The van der Waals surface area contributed by atoms with E-state index in [2.05, 4.69) is 22.4 Å². The Hall–Kier alpha value is -2.09. The van der Waals surface area contributed by atoms with Crippen molar-refractivity contribution in [1.29, 1.82) is 0 Å². The molecule has 7 nitrogen and oxygen atoms in total. The second-order valence-electron chi connectivity index (χ2n) is 6.42. The first-order valence-electron chi connectivity index (χ1n) is 8.42. The van der Waals surface area contributed by atoms with Crippen molar-refractivity contribution in [1.82, 2.24) is 25.1 Å². The van der Waals surface area contributed by atoms with E-state index in [1.54, 1.807) is 11.8 Å². The molecule has 1 aromatic carbocycles. The molecular weight excluding hydrogens is 338 g/mol. The van der Waals surface area contributed by atoms with Crippen LogP contribution in [0.25, 0.3) is 5.69 Å². The molecule has 0 saturated carbocycles. The Bertz CT molecular complexity index is 748. The van der Waals surface area contributed by atoms with Crippen LogP contribution in [0.1, 0.15) is 25.3 Å². The summed E-state index contributed by atoms with van der Waals surface area (Å²) in [5.41, 5.74) is 1.86. The maximum absolute atomic E-state index is 12.5. The minimum atomic E-state index is 0.141. The zero-order valence-electron chi connectivity index (χ0n) is 14.8. The van der Waals surface area contributed by atoms with Gasteiger partial charge in [0.15, 0.2) is 0 Å². The highest BCUT2D eigenvalue weighted by atomic mass is 32.2. The van der Waals surface area contributed by atoms with Crippen molar-refractivity contribution < 1.29 is 9.53 Å². The van der Waals surface area contributed by atoms with Crippen molar-refractivity contribution in [2.24, 2.45) is 5.92 Å². The number of carbonyl (C=O) groups is 1. The fourth-order valence-electron chi connectivity index (χ4n) is 3.02. The topological polar surface area (TPSA) is 73.1 Å². The molecule has 1 atom stereocenters. The molecule has 1 amide bonds. The third-order valence-electron chi connectivity index (χ3n) is 4.34. The Labute approximate surface area is 151 Å². The van der Waals surface area contributed by atoms with Gasteiger partial charge in [-0.2, -0.15) is 4.68 Å². The minimum absolute atomic E-state index is 0.141. The number of benzene rings is 1. The van der Waals surface area contributed by atoms with E-state index in [9.17, 15) is 4.79 Å². The summed E-state index contributed by atoms with van der Waals surface area (Å²) < 4.78 is 7.04. The van der Waals surface area contributed by atoms with E-state index in [-0.39, 0.29) is 5.91 Å². The Morgan fingerprint density at radius 1 is 1.44 bits per heavy atom. The van der Waals surface area contributed by atoms with E-state index in [4.69, 9.17) is 4.74 Å². The van der Waals surface area contributed by atoms with Crippen LogP contribution in [0, 0.1) is 12.8 Å². The number of aromatic nitrogens is 4. The highest BCUT2D eigenvalue weighted by Gasteiger charge is 2.22. The third kappa shape index (κ3) is 4.12. The number of tetrazole rings is 1. The Morgan fingerprint density at radius 2 is 2.28 bits per heavy atom. The molecule has 1 aromatic heterocycles. The van der Waals surface area contributed by atoms with Crippen molar-refractivity contribution in [2.45, 2.75) is 31.8 Å². The van der Waals surface area contributed by atoms with E-state index < -0.39 is 0 Å². The van der Waals surface area contributed by atoms with Crippen molar-refractivity contribution in [3.05, 3.63) is 23.8 Å². The van der Waals surface area contributed by atoms with Crippen LogP contribution in [-0.4, -0.2) is 57.0 Å². The Kier molecular flexibility index (Phi) is 5.57. The lowest BCUT2D eigenvalue weighted by Crippen LogP contribution is -2.40. The fraction of sp³-hybridized carbons (Fsp3) is 0.529. The predicted molar refractivity (Wildman–Crippen MR) is 96.1 cm³/mol. The average Bonchev–Trinajstić information content (AvgIpc) is 3.08. The van der Waals surface area contributed by atoms with E-state index in [1.165, 1.54) is 18.2 Å². The SMILES string of the molecule is COc1ccc(C)cc1-n1nnnc1SCC(=O)N1CCC[C@H](C)C1. The first kappa shape index (κ1) is 17.7. The number of thioether (sulfide) groups is 1. The number of methoxy groups -OCH3 is 1. The molecule has 25 heavy (non-hydrogen) atoms. The van der Waals surface area contributed by atoms with Crippen molar-refractivity contribution in [2.75, 3.05) is 26.0 Å². The summed E-state index contributed by atoms with van der Waals surface area (Å²) in [6.45, 7) is 5.88. The van der Waals surface area contributed by atoms with Crippen LogP contribution < -0.4 is 4.74 Å². The molecule has 2 heterocycles. The van der Waals surface area contributed by atoms with Crippen LogP contribution in [0.4, 0.5) is 0 Å². The van der Waals surface area contributed by atoms with Gasteiger partial charge in [0.2, 0.25) is 11.1 Å². The zero-order valence-corrected chi connectivity index (χ0v) is 15.6. The maximum atomic E-state index is 12.5. The summed E-state index contributed by atoms with van der Waals surface area (Å²) in [5.74, 6) is 1.74. The molecule has 1 saturated heterocycles. The molecule has 0 unspecified atom stereocenters. The summed E-state index contributed by atoms with van der Waals surface area (Å²) in [4.78, 5) is 14.4. The Balaban J connectivity index is 1.72. The molecule has 134 valence electrons. The first-order chi connectivity index (χ1) is 12.1. The smallest absolute Gasteiger partial charge is 0.233 e. The monoisotopic (exact) mass is 361 g/mol. The number of aryl methyl sites for hydroxylation is 1. The molecule has 0 N–H and O–H groups in total. The third-order valence-corrected chi connectivity index (χ3v) is 5.24. The second kappa shape index (κ2) is 7.86. The highest BCUT2D eigenvalue weighted by molar-refractivity contribution is 7.99. The standard InChI is InChI=1S/C17H23N5O2S/c1-12-6-7-15(24-3)14(9-12)22-17(18-19-20-22)25-11-16(23)21-8-4-5-13(2)10-21/h6-7,9,13H,4-5,8,10-11H2,1-3H3/t13-/m0/s1. The summed E-state index contributed by atoms with van der Waals surface area (Å²) in [5, 5.41) is 12.5. The van der Waals surface area contributed by atoms with Gasteiger partial charge in [-0.15, -0.1) is 5.10 Å². The van der Waals surface area contributed by atoms with Gasteiger partial charge in [-0.1, -0.05) is 24.8 Å². The summed E-state index contributed by atoms with van der Waals surface area (Å²) in [6, 6.07) is 5.83. The second-order valence-corrected chi connectivity index (χ2v) is 7.37. The number of amides is 1. The number of hydrogen-bond donors (Lipinski definition) is 0. The van der Waals surface area contributed by atoms with Gasteiger partial charge >= 0.3 is 0 Å². The van der Waals surface area contributed by atoms with Crippen LogP contribution in [0.5, 0.6) is 5.75 Å². The van der Waals surface area contributed by atoms with Gasteiger partial charge in [0.1, 0.15) is 11.4 Å². The van der Waals surface area contributed by atoms with Gasteiger partial charge < -0.3 is 9.64 Å². The van der Waals surface area contributed by atoms with E-state index >= 15 is 0 Å². The normalized spacial score (nSPS) is 17.6. The van der Waals surface area contributed by atoms with Crippen LogP contribution in [0.2, 0.25) is 0 Å². The largest absolute Gasteiger partial charge is 0.494 e. The van der Waals surface area contributed by atoms with E-state index in [0.29, 0.717) is 22.6 Å². The highest BCUT2D eigenvalue weighted by Crippen LogP contribution is 2.27. The van der Waals surface area contributed by atoms with Crippen molar-refractivity contribution >= 4 is 17.7 Å². The molecular formula is C17H23N5O2S. The zero-order chi connectivity index (χ0) is 17.8. The molecule has 3 rings (SSSR count). The molecule has 2 aromatic rings. The molecule has 1 aliphatic heterocycles. The number of hydrogen-bond acceptors (Lipinski definition) is 6. The lowest BCUT2D eigenvalue weighted by molar-refractivity contribution is -0.130. The number of likely N-dealkylation sites (tertiary alicyclic amines) is 1. The number of piperidine rings is 1. The van der Waals surface area contributed by atoms with Crippen LogP contribution >= 0.6 is 11.8 Å². The van der Waals surface area contributed by atoms with Crippen molar-refractivity contribution in [3.8, 4) is 11.4 Å². The van der Waals surface area contributed by atoms with Gasteiger partial charge in [-0.05, 0) is 53.8 Å². The average molecular weight is 361 g/mol. The number of ether oxygens (including phenoxy) is 1. The molecule has 1 aliphatic rings. The number of rotatable bonds is 5. The number of nitrogens with zero attached hydrogens (tertiary/aromatic N) is 5. The van der Waals surface area contributed by atoms with E-state index in [0.717, 1.165) is 30.8 Å². The Morgan fingerprint density at radius 3 is 3.04 bits per heavy atom. The number of carbonyl (C=O) groups excluding carboxylic acids is 1. The quantitative estimate of drug-likeness (QED) is 0.761. The summed E-state index contributed by atoms with van der Waals surface area (Å²) in [7, 11) is 1.62. The molecule has 0 radical (unpaired) electrons. The molecule has 1 fully saturated rings. The lowest BCUT2D eigenvalue weighted by atomic mass is 10.0. The minimum Gasteiger partial charge on any atom is -0.494 e. The van der Waals surface area contributed by atoms with Gasteiger partial charge in [-0.3, -0.25) is 4.79 Å². The molecule has 8 heteroatoms. The van der Waals surface area contributed by atoms with Gasteiger partial charge in [0.25, 0.3) is 0 Å². The van der Waals surface area contributed by atoms with Gasteiger partial charge in [0.05, 0.1) is 12.9 Å². The molecule has 0 aliphatic carbocycles. The van der Waals surface area contributed by atoms with Crippen LogP contribution in [-0.2, 0) is 4.79 Å². The predicted octanol–water partition coefficient (Wildman–Crippen LogP) is 2.33.